The molecule has 0 atom stereocenters. The van der Waals surface area contributed by atoms with Crippen molar-refractivity contribution < 1.29 is 4.42 Å². The van der Waals surface area contributed by atoms with E-state index in [1.165, 1.54) is 12.8 Å². The molecule has 1 aliphatic rings. The molecule has 86 valence electrons. The normalized spacial score (nSPS) is 15.3. The van der Waals surface area contributed by atoms with Crippen molar-refractivity contribution in [3.8, 4) is 12.3 Å². The minimum atomic E-state index is 0.456. The molecule has 2 N–H and O–H groups in total. The third kappa shape index (κ3) is 3.13. The Hall–Kier alpha value is -1.24. The predicted octanol–water partition coefficient (Wildman–Crippen LogP) is 1.58. The molecule has 16 heavy (non-hydrogen) atoms. The van der Waals surface area contributed by atoms with Crippen LogP contribution in [0, 0.1) is 18.3 Å². The number of rotatable bonds is 6. The number of nitrogens with two attached hydrogens (primary N) is 1. The van der Waals surface area contributed by atoms with E-state index in [1.807, 2.05) is 12.1 Å². The highest BCUT2D eigenvalue weighted by Crippen LogP contribution is 2.30. The molecule has 0 radical (unpaired) electrons. The number of terminal acetylenes is 1. The SMILES string of the molecule is C#CCN(Cc1ccc(CN)o1)CC1CC1. The first-order chi connectivity index (χ1) is 7.81. The molecule has 0 bridgehead atoms. The highest BCUT2D eigenvalue weighted by atomic mass is 16.3. The lowest BCUT2D eigenvalue weighted by Gasteiger charge is -2.17. The Morgan fingerprint density at radius 1 is 1.44 bits per heavy atom. The summed E-state index contributed by atoms with van der Waals surface area (Å²) in [6.07, 6.45) is 8.05. The molecule has 1 heterocycles. The molecule has 0 aromatic carbocycles. The van der Waals surface area contributed by atoms with Gasteiger partial charge in [-0.1, -0.05) is 5.92 Å². The van der Waals surface area contributed by atoms with Crippen molar-refractivity contribution in [1.82, 2.24) is 4.90 Å². The Labute approximate surface area is 96.6 Å². The van der Waals surface area contributed by atoms with Gasteiger partial charge in [0.05, 0.1) is 19.6 Å². The zero-order chi connectivity index (χ0) is 11.4. The van der Waals surface area contributed by atoms with E-state index < -0.39 is 0 Å². The van der Waals surface area contributed by atoms with Gasteiger partial charge in [0.1, 0.15) is 11.5 Å². The minimum Gasteiger partial charge on any atom is -0.463 e. The van der Waals surface area contributed by atoms with Crippen LogP contribution in [-0.2, 0) is 13.1 Å². The Morgan fingerprint density at radius 3 is 2.75 bits per heavy atom. The second kappa shape index (κ2) is 5.20. The molecule has 1 aromatic heterocycles. The van der Waals surface area contributed by atoms with E-state index in [2.05, 4.69) is 10.8 Å². The second-order valence-electron chi connectivity index (χ2n) is 4.39. The lowest BCUT2D eigenvalue weighted by Crippen LogP contribution is -2.25. The van der Waals surface area contributed by atoms with Crippen LogP contribution >= 0.6 is 0 Å². The highest BCUT2D eigenvalue weighted by molar-refractivity contribution is 5.07. The maximum Gasteiger partial charge on any atom is 0.118 e. The predicted molar refractivity (Wildman–Crippen MR) is 63.4 cm³/mol. The average Bonchev–Trinajstić information content (AvgIpc) is 2.96. The fourth-order valence-electron chi connectivity index (χ4n) is 1.82. The third-order valence-corrected chi connectivity index (χ3v) is 2.83. The van der Waals surface area contributed by atoms with Gasteiger partial charge < -0.3 is 10.2 Å². The largest absolute Gasteiger partial charge is 0.463 e. The van der Waals surface area contributed by atoms with Gasteiger partial charge in [0.25, 0.3) is 0 Å². The van der Waals surface area contributed by atoms with E-state index in [9.17, 15) is 0 Å². The smallest absolute Gasteiger partial charge is 0.118 e. The second-order valence-corrected chi connectivity index (χ2v) is 4.39. The molecule has 0 spiro atoms. The summed E-state index contributed by atoms with van der Waals surface area (Å²) in [5.74, 6) is 5.34. The van der Waals surface area contributed by atoms with Crippen molar-refractivity contribution in [2.45, 2.75) is 25.9 Å². The Morgan fingerprint density at radius 2 is 2.19 bits per heavy atom. The quantitative estimate of drug-likeness (QED) is 0.737. The van der Waals surface area contributed by atoms with Gasteiger partial charge in [0.15, 0.2) is 0 Å². The summed E-state index contributed by atoms with van der Waals surface area (Å²) < 4.78 is 5.58. The summed E-state index contributed by atoms with van der Waals surface area (Å²) in [4.78, 5) is 2.26. The summed E-state index contributed by atoms with van der Waals surface area (Å²) >= 11 is 0. The topological polar surface area (TPSA) is 42.4 Å². The zero-order valence-corrected chi connectivity index (χ0v) is 9.48. The number of hydrogen-bond acceptors (Lipinski definition) is 3. The molecule has 1 fully saturated rings. The van der Waals surface area contributed by atoms with Crippen molar-refractivity contribution in [2.75, 3.05) is 13.1 Å². The molecule has 1 saturated carbocycles. The van der Waals surface area contributed by atoms with Gasteiger partial charge in [0, 0.05) is 6.54 Å². The monoisotopic (exact) mass is 218 g/mol. The molecule has 0 aliphatic heterocycles. The van der Waals surface area contributed by atoms with Gasteiger partial charge in [-0.15, -0.1) is 6.42 Å². The first-order valence-electron chi connectivity index (χ1n) is 5.75. The van der Waals surface area contributed by atoms with Crippen LogP contribution in [0.25, 0.3) is 0 Å². The summed E-state index contributed by atoms with van der Waals surface area (Å²) in [5, 5.41) is 0. The van der Waals surface area contributed by atoms with Crippen molar-refractivity contribution in [3.05, 3.63) is 23.7 Å². The van der Waals surface area contributed by atoms with Crippen LogP contribution < -0.4 is 5.73 Å². The number of hydrogen-bond donors (Lipinski definition) is 1. The van der Waals surface area contributed by atoms with Crippen LogP contribution in [0.5, 0.6) is 0 Å². The van der Waals surface area contributed by atoms with Crippen LogP contribution in [-0.4, -0.2) is 18.0 Å². The van der Waals surface area contributed by atoms with Gasteiger partial charge >= 0.3 is 0 Å². The lowest BCUT2D eigenvalue weighted by molar-refractivity contribution is 0.259. The minimum absolute atomic E-state index is 0.456. The van der Waals surface area contributed by atoms with Gasteiger partial charge in [-0.2, -0.15) is 0 Å². The molecular formula is C13H18N2O. The Kier molecular flexibility index (Phi) is 3.66. The summed E-state index contributed by atoms with van der Waals surface area (Å²) in [6, 6.07) is 3.92. The van der Waals surface area contributed by atoms with Crippen LogP contribution in [0.3, 0.4) is 0 Å². The first kappa shape index (κ1) is 11.3. The van der Waals surface area contributed by atoms with Crippen molar-refractivity contribution in [1.29, 1.82) is 0 Å². The first-order valence-corrected chi connectivity index (χ1v) is 5.75. The standard InChI is InChI=1S/C13H18N2O/c1-2-7-15(9-11-3-4-11)10-13-6-5-12(8-14)16-13/h1,5-6,11H,3-4,7-10,14H2. The van der Waals surface area contributed by atoms with E-state index in [0.29, 0.717) is 13.1 Å². The highest BCUT2D eigenvalue weighted by Gasteiger charge is 2.24. The maximum absolute atomic E-state index is 5.58. The number of nitrogens with zero attached hydrogens (tertiary/aromatic N) is 1. The van der Waals surface area contributed by atoms with Crippen LogP contribution in [0.2, 0.25) is 0 Å². The van der Waals surface area contributed by atoms with E-state index in [1.54, 1.807) is 0 Å². The average molecular weight is 218 g/mol. The molecule has 0 saturated heterocycles. The molecule has 0 unspecified atom stereocenters. The fraction of sp³-hybridized carbons (Fsp3) is 0.538. The summed E-state index contributed by atoms with van der Waals surface area (Å²) in [5.41, 5.74) is 5.50. The van der Waals surface area contributed by atoms with Crippen molar-refractivity contribution in [2.24, 2.45) is 11.7 Å². The molecule has 1 aliphatic carbocycles. The number of furan rings is 1. The van der Waals surface area contributed by atoms with Gasteiger partial charge in [-0.25, -0.2) is 0 Å². The van der Waals surface area contributed by atoms with Gasteiger partial charge in [0.2, 0.25) is 0 Å². The van der Waals surface area contributed by atoms with Gasteiger partial charge in [-0.05, 0) is 30.9 Å². The molecule has 1 aromatic rings. The van der Waals surface area contributed by atoms with E-state index in [0.717, 1.165) is 30.5 Å². The van der Waals surface area contributed by atoms with Crippen molar-refractivity contribution in [3.63, 3.8) is 0 Å². The summed E-state index contributed by atoms with van der Waals surface area (Å²) in [7, 11) is 0. The lowest BCUT2D eigenvalue weighted by atomic mass is 10.3. The van der Waals surface area contributed by atoms with Crippen LogP contribution in [0.1, 0.15) is 24.4 Å². The van der Waals surface area contributed by atoms with Crippen molar-refractivity contribution >= 4 is 0 Å². The van der Waals surface area contributed by atoms with Crippen LogP contribution in [0.15, 0.2) is 16.5 Å². The Bertz CT molecular complexity index is 374. The van der Waals surface area contributed by atoms with E-state index in [4.69, 9.17) is 16.6 Å². The molecule has 3 nitrogen and oxygen atoms in total. The van der Waals surface area contributed by atoms with E-state index in [-0.39, 0.29) is 0 Å². The van der Waals surface area contributed by atoms with Gasteiger partial charge in [-0.3, -0.25) is 4.90 Å². The molecule has 3 heteroatoms. The zero-order valence-electron chi connectivity index (χ0n) is 9.48. The van der Waals surface area contributed by atoms with Crippen LogP contribution in [0.4, 0.5) is 0 Å². The van der Waals surface area contributed by atoms with E-state index >= 15 is 0 Å². The Balaban J connectivity index is 1.90. The summed E-state index contributed by atoms with van der Waals surface area (Å²) in [6.45, 7) is 3.02. The maximum atomic E-state index is 5.58. The molecule has 0 amide bonds. The fourth-order valence-corrected chi connectivity index (χ4v) is 1.82. The molecule has 2 rings (SSSR count). The third-order valence-electron chi connectivity index (χ3n) is 2.83. The molecular weight excluding hydrogens is 200 g/mol.